The fraction of sp³-hybridized carbons (Fsp3) is 0.571. The van der Waals surface area contributed by atoms with Crippen LogP contribution in [0.4, 0.5) is 0 Å². The maximum Gasteiger partial charge on any atom is 0.161 e. The topological polar surface area (TPSA) is 53.7 Å². The predicted octanol–water partition coefficient (Wildman–Crippen LogP) is 1.46. The van der Waals surface area contributed by atoms with Gasteiger partial charge < -0.3 is 19.9 Å². The molecule has 2 aliphatic heterocycles. The van der Waals surface area contributed by atoms with Crippen LogP contribution in [0, 0.1) is 0 Å². The Morgan fingerprint density at radius 3 is 2.50 bits per heavy atom. The van der Waals surface area contributed by atoms with Gasteiger partial charge >= 0.3 is 0 Å². The molecule has 4 nitrogen and oxygen atoms in total. The van der Waals surface area contributed by atoms with E-state index >= 15 is 0 Å². The van der Waals surface area contributed by atoms with Gasteiger partial charge in [0.1, 0.15) is 0 Å². The summed E-state index contributed by atoms with van der Waals surface area (Å²) in [6.45, 7) is 4.83. The molecule has 1 aromatic rings. The molecule has 98 valence electrons. The second-order valence-electron chi connectivity index (χ2n) is 5.15. The molecule has 4 heteroatoms. The van der Waals surface area contributed by atoms with Crippen LogP contribution in [0.2, 0.25) is 0 Å². The van der Waals surface area contributed by atoms with Gasteiger partial charge in [-0.3, -0.25) is 0 Å². The average molecular weight is 249 g/mol. The SMILES string of the molecule is CC(N)C1(c2ccc3c(c2)OCCCO3)COC1. The first-order valence-electron chi connectivity index (χ1n) is 6.46. The molecule has 1 unspecified atom stereocenters. The summed E-state index contributed by atoms with van der Waals surface area (Å²) in [5, 5.41) is 0. The second-order valence-corrected chi connectivity index (χ2v) is 5.15. The number of rotatable bonds is 2. The molecular formula is C14H19NO3. The molecule has 2 aliphatic rings. The van der Waals surface area contributed by atoms with Crippen LogP contribution in [0.25, 0.3) is 0 Å². The summed E-state index contributed by atoms with van der Waals surface area (Å²) < 4.78 is 16.7. The number of nitrogens with two attached hydrogens (primary N) is 1. The summed E-state index contributed by atoms with van der Waals surface area (Å²) in [7, 11) is 0. The highest BCUT2D eigenvalue weighted by Crippen LogP contribution is 2.39. The summed E-state index contributed by atoms with van der Waals surface area (Å²) in [5.74, 6) is 1.66. The predicted molar refractivity (Wildman–Crippen MR) is 68.2 cm³/mol. The molecule has 2 heterocycles. The van der Waals surface area contributed by atoms with E-state index in [9.17, 15) is 0 Å². The largest absolute Gasteiger partial charge is 0.490 e. The van der Waals surface area contributed by atoms with Crippen LogP contribution in [0.15, 0.2) is 18.2 Å². The van der Waals surface area contributed by atoms with E-state index in [0.29, 0.717) is 26.4 Å². The van der Waals surface area contributed by atoms with Crippen LogP contribution in [-0.4, -0.2) is 32.5 Å². The lowest BCUT2D eigenvalue weighted by atomic mass is 9.73. The molecule has 0 aliphatic carbocycles. The van der Waals surface area contributed by atoms with Gasteiger partial charge in [-0.15, -0.1) is 0 Å². The Labute approximate surface area is 107 Å². The Morgan fingerprint density at radius 2 is 1.89 bits per heavy atom. The number of benzene rings is 1. The highest BCUT2D eigenvalue weighted by Gasteiger charge is 2.44. The van der Waals surface area contributed by atoms with E-state index in [-0.39, 0.29) is 11.5 Å². The van der Waals surface area contributed by atoms with E-state index in [1.165, 1.54) is 5.56 Å². The van der Waals surface area contributed by atoms with Crippen LogP contribution in [0.1, 0.15) is 18.9 Å². The van der Waals surface area contributed by atoms with Crippen molar-refractivity contribution in [2.75, 3.05) is 26.4 Å². The van der Waals surface area contributed by atoms with Crippen molar-refractivity contribution in [2.24, 2.45) is 5.73 Å². The maximum atomic E-state index is 6.12. The Balaban J connectivity index is 1.96. The molecule has 18 heavy (non-hydrogen) atoms. The average Bonchev–Trinajstić information content (AvgIpc) is 2.51. The van der Waals surface area contributed by atoms with Crippen LogP contribution >= 0.6 is 0 Å². The molecule has 1 saturated heterocycles. The Hall–Kier alpha value is -1.26. The smallest absolute Gasteiger partial charge is 0.161 e. The zero-order valence-electron chi connectivity index (χ0n) is 10.6. The highest BCUT2D eigenvalue weighted by molar-refractivity contribution is 5.46. The molecule has 0 spiro atoms. The fourth-order valence-electron chi connectivity index (χ4n) is 2.49. The molecule has 1 atom stereocenters. The van der Waals surface area contributed by atoms with Gasteiger partial charge in [-0.1, -0.05) is 6.07 Å². The minimum atomic E-state index is -0.0648. The lowest BCUT2D eigenvalue weighted by molar-refractivity contribution is -0.0702. The maximum absolute atomic E-state index is 6.12. The molecule has 0 aromatic heterocycles. The first kappa shape index (κ1) is 11.8. The zero-order valence-corrected chi connectivity index (χ0v) is 10.6. The van der Waals surface area contributed by atoms with Crippen molar-refractivity contribution in [3.05, 3.63) is 23.8 Å². The van der Waals surface area contributed by atoms with Gasteiger partial charge in [0.2, 0.25) is 0 Å². The molecule has 0 saturated carbocycles. The lowest BCUT2D eigenvalue weighted by Crippen LogP contribution is -2.57. The normalized spacial score (nSPS) is 22.8. The van der Waals surface area contributed by atoms with Crippen molar-refractivity contribution in [3.8, 4) is 11.5 Å². The van der Waals surface area contributed by atoms with E-state index in [0.717, 1.165) is 17.9 Å². The third-order valence-electron chi connectivity index (χ3n) is 3.91. The van der Waals surface area contributed by atoms with Gasteiger partial charge in [-0.05, 0) is 24.6 Å². The Kier molecular flexibility index (Phi) is 2.92. The van der Waals surface area contributed by atoms with Crippen molar-refractivity contribution >= 4 is 0 Å². The minimum absolute atomic E-state index is 0.0648. The van der Waals surface area contributed by atoms with Gasteiger partial charge in [0, 0.05) is 12.5 Å². The van der Waals surface area contributed by atoms with Crippen molar-refractivity contribution < 1.29 is 14.2 Å². The van der Waals surface area contributed by atoms with Gasteiger partial charge in [0.05, 0.1) is 31.8 Å². The van der Waals surface area contributed by atoms with Crippen LogP contribution in [-0.2, 0) is 10.2 Å². The third-order valence-corrected chi connectivity index (χ3v) is 3.91. The van der Waals surface area contributed by atoms with Gasteiger partial charge in [-0.25, -0.2) is 0 Å². The fourth-order valence-corrected chi connectivity index (χ4v) is 2.49. The quantitative estimate of drug-likeness (QED) is 0.862. The van der Waals surface area contributed by atoms with Crippen molar-refractivity contribution in [1.82, 2.24) is 0 Å². The summed E-state index contributed by atoms with van der Waals surface area (Å²) in [6.07, 6.45) is 0.922. The van der Waals surface area contributed by atoms with Crippen molar-refractivity contribution in [2.45, 2.75) is 24.8 Å². The van der Waals surface area contributed by atoms with E-state index < -0.39 is 0 Å². The summed E-state index contributed by atoms with van der Waals surface area (Å²) in [4.78, 5) is 0. The number of hydrogen-bond acceptors (Lipinski definition) is 4. The standard InChI is InChI=1S/C14H19NO3/c1-10(15)14(8-16-9-14)11-3-4-12-13(7-11)18-6-2-5-17-12/h3-4,7,10H,2,5-6,8-9,15H2,1H3. The lowest BCUT2D eigenvalue weighted by Gasteiger charge is -2.45. The van der Waals surface area contributed by atoms with E-state index in [1.54, 1.807) is 0 Å². The van der Waals surface area contributed by atoms with Crippen LogP contribution in [0.3, 0.4) is 0 Å². The monoisotopic (exact) mass is 249 g/mol. The first-order chi connectivity index (χ1) is 8.72. The number of hydrogen-bond donors (Lipinski definition) is 1. The molecule has 1 fully saturated rings. The summed E-state index contributed by atoms with van der Waals surface area (Å²) in [5.41, 5.74) is 7.24. The van der Waals surface area contributed by atoms with Crippen molar-refractivity contribution in [1.29, 1.82) is 0 Å². The molecular weight excluding hydrogens is 230 g/mol. The second kappa shape index (κ2) is 4.44. The van der Waals surface area contributed by atoms with Gasteiger partial charge in [0.25, 0.3) is 0 Å². The van der Waals surface area contributed by atoms with Crippen molar-refractivity contribution in [3.63, 3.8) is 0 Å². The highest BCUT2D eigenvalue weighted by atomic mass is 16.5. The summed E-state index contributed by atoms with van der Waals surface area (Å²) >= 11 is 0. The number of fused-ring (bicyclic) bond motifs is 1. The third kappa shape index (κ3) is 1.76. The molecule has 0 radical (unpaired) electrons. The number of ether oxygens (including phenoxy) is 3. The minimum Gasteiger partial charge on any atom is -0.490 e. The Bertz CT molecular complexity index is 441. The molecule has 1 aromatic carbocycles. The van der Waals surface area contributed by atoms with E-state index in [4.69, 9.17) is 19.9 Å². The zero-order chi connectivity index (χ0) is 12.6. The Morgan fingerprint density at radius 1 is 1.17 bits per heavy atom. The molecule has 0 bridgehead atoms. The van der Waals surface area contributed by atoms with Gasteiger partial charge in [-0.2, -0.15) is 0 Å². The molecule has 2 N–H and O–H groups in total. The van der Waals surface area contributed by atoms with E-state index in [2.05, 4.69) is 12.1 Å². The molecule has 3 rings (SSSR count). The van der Waals surface area contributed by atoms with Crippen LogP contribution in [0.5, 0.6) is 11.5 Å². The van der Waals surface area contributed by atoms with Crippen LogP contribution < -0.4 is 15.2 Å². The van der Waals surface area contributed by atoms with Gasteiger partial charge in [0.15, 0.2) is 11.5 Å². The van der Waals surface area contributed by atoms with E-state index in [1.807, 2.05) is 13.0 Å². The summed E-state index contributed by atoms with van der Waals surface area (Å²) in [6, 6.07) is 6.20. The molecule has 0 amide bonds. The first-order valence-corrected chi connectivity index (χ1v) is 6.46.